The summed E-state index contributed by atoms with van der Waals surface area (Å²) in [5, 5.41) is 13.2. The number of methoxy groups -OCH3 is 1. The number of hydrogen-bond acceptors (Lipinski definition) is 3. The lowest BCUT2D eigenvalue weighted by Gasteiger charge is -2.22. The molecule has 1 amide bonds. The molecular formula is C12H15Cl2NO3. The van der Waals surface area contributed by atoms with Crippen LogP contribution in [0.1, 0.15) is 17.3 Å². The van der Waals surface area contributed by atoms with Crippen molar-refractivity contribution in [2.75, 3.05) is 20.3 Å². The summed E-state index contributed by atoms with van der Waals surface area (Å²) in [5.41, 5.74) is -0.770. The number of carbonyl (C=O) groups excluding carboxylic acids is 1. The van der Waals surface area contributed by atoms with E-state index in [0.717, 1.165) is 0 Å². The quantitative estimate of drug-likeness (QED) is 0.874. The first kappa shape index (κ1) is 15.2. The molecule has 0 saturated heterocycles. The third kappa shape index (κ3) is 4.82. The summed E-state index contributed by atoms with van der Waals surface area (Å²) >= 11 is 11.6. The van der Waals surface area contributed by atoms with Gasteiger partial charge in [0.25, 0.3) is 5.91 Å². The van der Waals surface area contributed by atoms with Crippen LogP contribution in [0.3, 0.4) is 0 Å². The third-order valence-electron chi connectivity index (χ3n) is 2.21. The zero-order valence-corrected chi connectivity index (χ0v) is 11.7. The lowest BCUT2D eigenvalue weighted by atomic mass is 10.1. The Morgan fingerprint density at radius 2 is 1.94 bits per heavy atom. The third-order valence-corrected chi connectivity index (χ3v) is 2.65. The summed E-state index contributed by atoms with van der Waals surface area (Å²) < 4.78 is 4.84. The molecule has 0 radical (unpaired) electrons. The molecule has 0 aliphatic carbocycles. The number of aliphatic hydroxyl groups is 1. The molecule has 1 aromatic carbocycles. The van der Waals surface area contributed by atoms with Crippen molar-refractivity contribution in [2.45, 2.75) is 12.5 Å². The van der Waals surface area contributed by atoms with E-state index in [-0.39, 0.29) is 19.1 Å². The number of hydrogen-bond donors (Lipinski definition) is 2. The topological polar surface area (TPSA) is 58.6 Å². The Morgan fingerprint density at radius 1 is 1.39 bits per heavy atom. The molecule has 0 saturated carbocycles. The smallest absolute Gasteiger partial charge is 0.251 e. The van der Waals surface area contributed by atoms with Crippen molar-refractivity contribution in [3.63, 3.8) is 0 Å². The van der Waals surface area contributed by atoms with Crippen molar-refractivity contribution in [3.8, 4) is 0 Å². The second-order valence-corrected chi connectivity index (χ2v) is 5.14. The molecule has 1 rings (SSSR count). The van der Waals surface area contributed by atoms with Gasteiger partial charge in [-0.3, -0.25) is 4.79 Å². The van der Waals surface area contributed by atoms with Crippen molar-refractivity contribution in [2.24, 2.45) is 0 Å². The SMILES string of the molecule is COCC(C)(O)CNC(=O)c1cc(Cl)cc(Cl)c1. The summed E-state index contributed by atoms with van der Waals surface area (Å²) in [6.07, 6.45) is 0. The van der Waals surface area contributed by atoms with Crippen molar-refractivity contribution < 1.29 is 14.6 Å². The van der Waals surface area contributed by atoms with Crippen molar-refractivity contribution in [1.29, 1.82) is 0 Å². The first-order valence-corrected chi connectivity index (χ1v) is 6.05. The number of rotatable bonds is 5. The average molecular weight is 292 g/mol. The minimum Gasteiger partial charge on any atom is -0.386 e. The van der Waals surface area contributed by atoms with Crippen LogP contribution in [0.2, 0.25) is 10.0 Å². The fraction of sp³-hybridized carbons (Fsp3) is 0.417. The zero-order chi connectivity index (χ0) is 13.8. The highest BCUT2D eigenvalue weighted by atomic mass is 35.5. The van der Waals surface area contributed by atoms with Gasteiger partial charge in [0.2, 0.25) is 0 Å². The summed E-state index contributed by atoms with van der Waals surface area (Å²) in [5.74, 6) is -0.351. The monoisotopic (exact) mass is 291 g/mol. The molecule has 2 N–H and O–H groups in total. The van der Waals surface area contributed by atoms with Crippen LogP contribution in [0, 0.1) is 0 Å². The van der Waals surface area contributed by atoms with Crippen molar-refractivity contribution >= 4 is 29.1 Å². The average Bonchev–Trinajstić information content (AvgIpc) is 2.24. The van der Waals surface area contributed by atoms with Gasteiger partial charge in [0, 0.05) is 29.3 Å². The van der Waals surface area contributed by atoms with Gasteiger partial charge in [0.05, 0.1) is 6.61 Å². The van der Waals surface area contributed by atoms with E-state index < -0.39 is 5.60 Å². The molecule has 18 heavy (non-hydrogen) atoms. The van der Waals surface area contributed by atoms with Crippen LogP contribution in [0.5, 0.6) is 0 Å². The van der Waals surface area contributed by atoms with E-state index in [0.29, 0.717) is 15.6 Å². The van der Waals surface area contributed by atoms with Gasteiger partial charge in [-0.15, -0.1) is 0 Å². The van der Waals surface area contributed by atoms with E-state index in [1.807, 2.05) is 0 Å². The second kappa shape index (κ2) is 6.38. The van der Waals surface area contributed by atoms with E-state index in [1.54, 1.807) is 13.0 Å². The van der Waals surface area contributed by atoms with Gasteiger partial charge >= 0.3 is 0 Å². The molecule has 4 nitrogen and oxygen atoms in total. The second-order valence-electron chi connectivity index (χ2n) is 4.27. The van der Waals surface area contributed by atoms with Crippen molar-refractivity contribution in [3.05, 3.63) is 33.8 Å². The fourth-order valence-electron chi connectivity index (χ4n) is 1.42. The van der Waals surface area contributed by atoms with E-state index in [4.69, 9.17) is 27.9 Å². The van der Waals surface area contributed by atoms with E-state index in [9.17, 15) is 9.90 Å². The molecule has 0 aromatic heterocycles. The number of halogens is 2. The lowest BCUT2D eigenvalue weighted by Crippen LogP contribution is -2.43. The lowest BCUT2D eigenvalue weighted by molar-refractivity contribution is -0.0147. The van der Waals surface area contributed by atoms with Crippen LogP contribution in [0.15, 0.2) is 18.2 Å². The minimum atomic E-state index is -1.12. The first-order valence-electron chi connectivity index (χ1n) is 5.30. The molecule has 6 heteroatoms. The van der Waals surface area contributed by atoms with E-state index in [2.05, 4.69) is 5.32 Å². The predicted octanol–water partition coefficient (Wildman–Crippen LogP) is 2.12. The normalized spacial score (nSPS) is 14.1. The maximum Gasteiger partial charge on any atom is 0.251 e. The van der Waals surface area contributed by atoms with Gasteiger partial charge in [0.15, 0.2) is 0 Å². The first-order chi connectivity index (χ1) is 8.34. The van der Waals surface area contributed by atoms with Gasteiger partial charge in [-0.05, 0) is 25.1 Å². The molecule has 1 atom stereocenters. The number of ether oxygens (including phenoxy) is 1. The maximum absolute atomic E-state index is 11.8. The van der Waals surface area contributed by atoms with Gasteiger partial charge in [-0.1, -0.05) is 23.2 Å². The van der Waals surface area contributed by atoms with Crippen LogP contribution in [0.4, 0.5) is 0 Å². The Kier molecular flexibility index (Phi) is 5.41. The molecule has 1 aromatic rings. The summed E-state index contributed by atoms with van der Waals surface area (Å²) in [6.45, 7) is 1.77. The van der Waals surface area contributed by atoms with Gasteiger partial charge in [0.1, 0.15) is 5.60 Å². The van der Waals surface area contributed by atoms with Crippen LogP contribution in [0.25, 0.3) is 0 Å². The molecular weight excluding hydrogens is 277 g/mol. The molecule has 0 heterocycles. The molecule has 1 unspecified atom stereocenters. The highest BCUT2D eigenvalue weighted by Gasteiger charge is 2.21. The Labute approximate surface area is 116 Å². The van der Waals surface area contributed by atoms with Crippen LogP contribution in [-0.2, 0) is 4.74 Å². The van der Waals surface area contributed by atoms with Crippen LogP contribution in [-0.4, -0.2) is 36.9 Å². The molecule has 0 bridgehead atoms. The highest BCUT2D eigenvalue weighted by Crippen LogP contribution is 2.19. The van der Waals surface area contributed by atoms with Crippen molar-refractivity contribution in [1.82, 2.24) is 5.32 Å². The van der Waals surface area contributed by atoms with Gasteiger partial charge in [-0.2, -0.15) is 0 Å². The molecule has 0 aliphatic rings. The largest absolute Gasteiger partial charge is 0.386 e. The summed E-state index contributed by atoms with van der Waals surface area (Å²) in [7, 11) is 1.48. The highest BCUT2D eigenvalue weighted by molar-refractivity contribution is 6.35. The van der Waals surface area contributed by atoms with E-state index in [1.165, 1.54) is 19.2 Å². The minimum absolute atomic E-state index is 0.0732. The Morgan fingerprint density at radius 3 is 2.44 bits per heavy atom. The maximum atomic E-state index is 11.8. The Balaban J connectivity index is 2.66. The molecule has 100 valence electrons. The number of amides is 1. The summed E-state index contributed by atoms with van der Waals surface area (Å²) in [4.78, 5) is 11.8. The number of nitrogens with one attached hydrogen (secondary N) is 1. The van der Waals surface area contributed by atoms with Gasteiger partial charge in [-0.25, -0.2) is 0 Å². The molecule has 0 aliphatic heterocycles. The molecule has 0 fully saturated rings. The summed E-state index contributed by atoms with van der Waals surface area (Å²) in [6, 6.07) is 4.56. The fourth-order valence-corrected chi connectivity index (χ4v) is 1.95. The number of carbonyl (C=O) groups is 1. The Bertz CT molecular complexity index is 415. The Hall–Kier alpha value is -0.810. The zero-order valence-electron chi connectivity index (χ0n) is 10.2. The molecule has 0 spiro atoms. The van der Waals surface area contributed by atoms with Gasteiger partial charge < -0.3 is 15.2 Å². The van der Waals surface area contributed by atoms with Crippen LogP contribution >= 0.6 is 23.2 Å². The predicted molar refractivity (Wildman–Crippen MR) is 71.3 cm³/mol. The number of benzene rings is 1. The van der Waals surface area contributed by atoms with Crippen LogP contribution < -0.4 is 5.32 Å². The standard InChI is InChI=1S/C12H15Cl2NO3/c1-12(17,7-18-2)6-15-11(16)8-3-9(13)5-10(14)4-8/h3-5,17H,6-7H2,1-2H3,(H,15,16). The van der Waals surface area contributed by atoms with E-state index >= 15 is 0 Å².